The minimum Gasteiger partial charge on any atom is -0.394 e. The maximum Gasteiger partial charge on any atom is 0.257 e. The van der Waals surface area contributed by atoms with Crippen molar-refractivity contribution in [3.05, 3.63) is 17.5 Å². The molecule has 0 spiro atoms. The molecule has 2 atom stereocenters. The lowest BCUT2D eigenvalue weighted by Crippen LogP contribution is -2.52. The number of hydrogen-bond acceptors (Lipinski definition) is 4. The van der Waals surface area contributed by atoms with Crippen LogP contribution in [0.2, 0.25) is 0 Å². The predicted molar refractivity (Wildman–Crippen MR) is 83.8 cm³/mol. The molecule has 2 heterocycles. The van der Waals surface area contributed by atoms with Crippen molar-refractivity contribution < 1.29 is 14.6 Å². The van der Waals surface area contributed by atoms with Crippen LogP contribution >= 0.6 is 0 Å². The van der Waals surface area contributed by atoms with E-state index < -0.39 is 0 Å². The molecule has 22 heavy (non-hydrogen) atoms. The molecule has 0 unspecified atom stereocenters. The molecule has 1 aliphatic heterocycles. The van der Waals surface area contributed by atoms with E-state index in [1.54, 1.807) is 11.1 Å². The molecule has 124 valence electrons. The Balaban J connectivity index is 2.23. The summed E-state index contributed by atoms with van der Waals surface area (Å²) >= 11 is 0. The predicted octanol–water partition coefficient (Wildman–Crippen LogP) is 1.32. The van der Waals surface area contributed by atoms with E-state index in [2.05, 4.69) is 18.9 Å². The SMILES string of the molecule is CCc1c(C(=O)N2C[C@H](CO)OC[C@@H]2C)cnn1CC(C)C. The van der Waals surface area contributed by atoms with Gasteiger partial charge in [0, 0.05) is 13.1 Å². The summed E-state index contributed by atoms with van der Waals surface area (Å²) in [6.07, 6.45) is 2.16. The van der Waals surface area contributed by atoms with Gasteiger partial charge in [-0.05, 0) is 19.3 Å². The number of morpholine rings is 1. The van der Waals surface area contributed by atoms with Gasteiger partial charge >= 0.3 is 0 Å². The van der Waals surface area contributed by atoms with E-state index in [1.807, 2.05) is 18.5 Å². The van der Waals surface area contributed by atoms with E-state index >= 15 is 0 Å². The minimum atomic E-state index is -0.295. The molecule has 2 rings (SSSR count). The molecule has 1 aliphatic rings. The highest BCUT2D eigenvalue weighted by Crippen LogP contribution is 2.19. The summed E-state index contributed by atoms with van der Waals surface area (Å²) in [5, 5.41) is 13.7. The Labute approximate surface area is 132 Å². The van der Waals surface area contributed by atoms with Crippen LogP contribution in [0.15, 0.2) is 6.20 Å². The number of aromatic nitrogens is 2. The Morgan fingerprint density at radius 3 is 2.86 bits per heavy atom. The maximum atomic E-state index is 12.9. The molecule has 1 aromatic heterocycles. The first-order valence-electron chi connectivity index (χ1n) is 8.06. The van der Waals surface area contributed by atoms with Crippen molar-refractivity contribution in [2.45, 2.75) is 52.8 Å². The van der Waals surface area contributed by atoms with Gasteiger partial charge < -0.3 is 14.7 Å². The zero-order chi connectivity index (χ0) is 16.3. The molecular formula is C16H27N3O3. The third-order valence-corrected chi connectivity index (χ3v) is 4.02. The number of ether oxygens (including phenoxy) is 1. The second-order valence-electron chi connectivity index (χ2n) is 6.38. The molecule has 6 nitrogen and oxygen atoms in total. The molecule has 0 aromatic carbocycles. The summed E-state index contributed by atoms with van der Waals surface area (Å²) < 4.78 is 7.44. The number of nitrogens with zero attached hydrogens (tertiary/aromatic N) is 3. The van der Waals surface area contributed by atoms with Crippen LogP contribution in [0.5, 0.6) is 0 Å². The van der Waals surface area contributed by atoms with Crippen LogP contribution in [-0.4, -0.2) is 57.6 Å². The minimum absolute atomic E-state index is 0.00783. The van der Waals surface area contributed by atoms with Gasteiger partial charge in [-0.3, -0.25) is 9.48 Å². The normalized spacial score (nSPS) is 22.4. The van der Waals surface area contributed by atoms with Gasteiger partial charge in [-0.1, -0.05) is 20.8 Å². The fraction of sp³-hybridized carbons (Fsp3) is 0.750. The number of hydrogen-bond donors (Lipinski definition) is 1. The van der Waals surface area contributed by atoms with Crippen molar-refractivity contribution in [1.82, 2.24) is 14.7 Å². The third kappa shape index (κ3) is 3.50. The summed E-state index contributed by atoms with van der Waals surface area (Å²) in [5.74, 6) is 0.468. The van der Waals surface area contributed by atoms with Crippen molar-refractivity contribution in [2.75, 3.05) is 19.8 Å². The van der Waals surface area contributed by atoms with Gasteiger partial charge in [-0.25, -0.2) is 0 Å². The van der Waals surface area contributed by atoms with Crippen LogP contribution in [0.3, 0.4) is 0 Å². The molecule has 1 aromatic rings. The van der Waals surface area contributed by atoms with Gasteiger partial charge in [-0.2, -0.15) is 5.10 Å². The Kier molecular flexibility index (Phi) is 5.58. The number of carbonyl (C=O) groups excluding carboxylic acids is 1. The Bertz CT molecular complexity index is 513. The lowest BCUT2D eigenvalue weighted by molar-refractivity contribution is -0.0667. The van der Waals surface area contributed by atoms with Crippen molar-refractivity contribution >= 4 is 5.91 Å². The molecule has 6 heteroatoms. The fourth-order valence-corrected chi connectivity index (χ4v) is 2.83. The molecule has 1 N–H and O–H groups in total. The lowest BCUT2D eigenvalue weighted by atomic mass is 10.1. The van der Waals surface area contributed by atoms with Gasteiger partial charge in [-0.15, -0.1) is 0 Å². The number of amides is 1. The highest BCUT2D eigenvalue weighted by atomic mass is 16.5. The maximum absolute atomic E-state index is 12.9. The molecule has 0 radical (unpaired) electrons. The number of aliphatic hydroxyl groups is 1. The van der Waals surface area contributed by atoms with Crippen molar-refractivity contribution in [1.29, 1.82) is 0 Å². The zero-order valence-corrected chi connectivity index (χ0v) is 14.0. The lowest BCUT2D eigenvalue weighted by Gasteiger charge is -2.37. The summed E-state index contributed by atoms with van der Waals surface area (Å²) in [6, 6.07) is 0.00783. The molecule has 0 bridgehead atoms. The molecular weight excluding hydrogens is 282 g/mol. The second-order valence-corrected chi connectivity index (χ2v) is 6.38. The first-order chi connectivity index (χ1) is 10.5. The zero-order valence-electron chi connectivity index (χ0n) is 14.0. The Morgan fingerprint density at radius 1 is 1.55 bits per heavy atom. The van der Waals surface area contributed by atoms with E-state index in [9.17, 15) is 9.90 Å². The van der Waals surface area contributed by atoms with E-state index in [-0.39, 0.29) is 24.7 Å². The van der Waals surface area contributed by atoms with Crippen molar-refractivity contribution in [3.63, 3.8) is 0 Å². The highest BCUT2D eigenvalue weighted by molar-refractivity contribution is 5.95. The van der Waals surface area contributed by atoms with Crippen LogP contribution in [0.4, 0.5) is 0 Å². The van der Waals surface area contributed by atoms with Gasteiger partial charge in [0.1, 0.15) is 0 Å². The smallest absolute Gasteiger partial charge is 0.257 e. The summed E-state index contributed by atoms with van der Waals surface area (Å²) in [4.78, 5) is 14.7. The molecule has 1 saturated heterocycles. The molecule has 0 aliphatic carbocycles. The third-order valence-electron chi connectivity index (χ3n) is 4.02. The number of aliphatic hydroxyl groups excluding tert-OH is 1. The molecule has 1 amide bonds. The number of carbonyl (C=O) groups is 1. The van der Waals surface area contributed by atoms with Gasteiger partial charge in [0.05, 0.1) is 42.8 Å². The van der Waals surface area contributed by atoms with E-state index in [0.29, 0.717) is 24.6 Å². The van der Waals surface area contributed by atoms with Crippen LogP contribution < -0.4 is 0 Å². The van der Waals surface area contributed by atoms with E-state index in [0.717, 1.165) is 18.7 Å². The Morgan fingerprint density at radius 2 is 2.27 bits per heavy atom. The summed E-state index contributed by atoms with van der Waals surface area (Å²) in [7, 11) is 0. The quantitative estimate of drug-likeness (QED) is 0.891. The average molecular weight is 309 g/mol. The van der Waals surface area contributed by atoms with Gasteiger partial charge in [0.2, 0.25) is 0 Å². The highest BCUT2D eigenvalue weighted by Gasteiger charge is 2.31. The second kappa shape index (κ2) is 7.24. The van der Waals surface area contributed by atoms with Gasteiger partial charge in [0.15, 0.2) is 0 Å². The van der Waals surface area contributed by atoms with Crippen LogP contribution in [0, 0.1) is 5.92 Å². The van der Waals surface area contributed by atoms with E-state index in [1.165, 1.54) is 0 Å². The number of rotatable bonds is 5. The molecule has 0 saturated carbocycles. The van der Waals surface area contributed by atoms with Crippen molar-refractivity contribution in [3.8, 4) is 0 Å². The van der Waals surface area contributed by atoms with Crippen LogP contribution in [-0.2, 0) is 17.7 Å². The average Bonchev–Trinajstić information content (AvgIpc) is 2.89. The van der Waals surface area contributed by atoms with Crippen LogP contribution in [0.25, 0.3) is 0 Å². The fourth-order valence-electron chi connectivity index (χ4n) is 2.83. The first kappa shape index (κ1) is 17.0. The van der Waals surface area contributed by atoms with E-state index in [4.69, 9.17) is 4.74 Å². The monoisotopic (exact) mass is 309 g/mol. The van der Waals surface area contributed by atoms with Crippen LogP contribution in [0.1, 0.15) is 43.7 Å². The molecule has 1 fully saturated rings. The summed E-state index contributed by atoms with van der Waals surface area (Å²) in [5.41, 5.74) is 1.66. The summed E-state index contributed by atoms with van der Waals surface area (Å²) in [6.45, 7) is 9.92. The first-order valence-corrected chi connectivity index (χ1v) is 8.06. The largest absolute Gasteiger partial charge is 0.394 e. The standard InChI is InChI=1S/C16H27N3O3/c1-5-15-14(6-17-19(15)7-11(2)3)16(21)18-8-13(9-20)22-10-12(18)4/h6,11-13,20H,5,7-10H2,1-4H3/t12-,13+/m0/s1. The Hall–Kier alpha value is -1.40. The van der Waals surface area contributed by atoms with Crippen molar-refractivity contribution in [2.24, 2.45) is 5.92 Å². The van der Waals surface area contributed by atoms with Gasteiger partial charge in [0.25, 0.3) is 5.91 Å². The topological polar surface area (TPSA) is 67.6 Å².